The first-order valence-corrected chi connectivity index (χ1v) is 10.9. The molecule has 0 bridgehead atoms. The molecule has 5 rings (SSSR count). The SMILES string of the molecule is CN(C)c1ccc(N2C(c3ccccc3)=NN=C(c3ccccc3)N2c2ccccc2)cc1. The highest BCUT2D eigenvalue weighted by Gasteiger charge is 2.31. The molecule has 1 heterocycles. The molecule has 0 atom stereocenters. The Hall–Kier alpha value is -4.38. The molecule has 0 radical (unpaired) electrons. The predicted molar refractivity (Wildman–Crippen MR) is 138 cm³/mol. The van der Waals surface area contributed by atoms with E-state index in [1.807, 2.05) is 68.7 Å². The molecule has 0 N–H and O–H groups in total. The van der Waals surface area contributed by atoms with Crippen molar-refractivity contribution in [2.24, 2.45) is 10.2 Å². The van der Waals surface area contributed by atoms with Gasteiger partial charge in [0.25, 0.3) is 0 Å². The molecule has 5 nitrogen and oxygen atoms in total. The van der Waals surface area contributed by atoms with Crippen LogP contribution in [0.15, 0.2) is 125 Å². The van der Waals surface area contributed by atoms with Gasteiger partial charge in [0.15, 0.2) is 11.7 Å². The Morgan fingerprint density at radius 1 is 0.485 bits per heavy atom. The van der Waals surface area contributed by atoms with E-state index in [0.29, 0.717) is 0 Å². The quantitative estimate of drug-likeness (QED) is 0.400. The summed E-state index contributed by atoms with van der Waals surface area (Å²) in [5.41, 5.74) is 5.12. The zero-order valence-corrected chi connectivity index (χ0v) is 18.7. The van der Waals surface area contributed by atoms with Gasteiger partial charge in [-0.05, 0) is 36.4 Å². The fourth-order valence-corrected chi connectivity index (χ4v) is 3.84. The van der Waals surface area contributed by atoms with Crippen LogP contribution in [-0.2, 0) is 0 Å². The summed E-state index contributed by atoms with van der Waals surface area (Å²) in [6, 6.07) is 39.1. The number of para-hydroxylation sites is 1. The molecule has 33 heavy (non-hydrogen) atoms. The summed E-state index contributed by atoms with van der Waals surface area (Å²) in [7, 11) is 4.09. The first-order chi connectivity index (χ1) is 16.2. The number of rotatable bonds is 5. The van der Waals surface area contributed by atoms with Crippen LogP contribution in [0, 0.1) is 0 Å². The fraction of sp³-hybridized carbons (Fsp3) is 0.0714. The average Bonchev–Trinajstić information content (AvgIpc) is 2.89. The molecule has 0 spiro atoms. The summed E-state index contributed by atoms with van der Waals surface area (Å²) < 4.78 is 0. The second-order valence-corrected chi connectivity index (χ2v) is 7.95. The third-order valence-electron chi connectivity index (χ3n) is 5.52. The topological polar surface area (TPSA) is 34.4 Å². The second-order valence-electron chi connectivity index (χ2n) is 7.95. The number of nitrogens with zero attached hydrogens (tertiary/aromatic N) is 5. The molecule has 0 saturated carbocycles. The van der Waals surface area contributed by atoms with Crippen LogP contribution in [0.3, 0.4) is 0 Å². The van der Waals surface area contributed by atoms with E-state index in [-0.39, 0.29) is 0 Å². The molecule has 4 aromatic rings. The highest BCUT2D eigenvalue weighted by atomic mass is 15.7. The van der Waals surface area contributed by atoms with Gasteiger partial charge in [0.05, 0.1) is 11.4 Å². The Balaban J connectivity index is 1.73. The number of hydrogen-bond donors (Lipinski definition) is 0. The van der Waals surface area contributed by atoms with Crippen LogP contribution >= 0.6 is 0 Å². The summed E-state index contributed by atoms with van der Waals surface area (Å²) in [5, 5.41) is 13.7. The predicted octanol–water partition coefficient (Wildman–Crippen LogP) is 5.80. The third kappa shape index (κ3) is 4.08. The van der Waals surface area contributed by atoms with Gasteiger partial charge in [0, 0.05) is 30.9 Å². The number of anilines is 3. The van der Waals surface area contributed by atoms with Crippen molar-refractivity contribution in [3.05, 3.63) is 126 Å². The number of benzene rings is 4. The van der Waals surface area contributed by atoms with E-state index in [1.54, 1.807) is 0 Å². The molecular formula is C28H25N5. The molecule has 1 aliphatic heterocycles. The number of hydrogen-bond acceptors (Lipinski definition) is 5. The number of amidine groups is 2. The lowest BCUT2D eigenvalue weighted by Crippen LogP contribution is -2.53. The summed E-state index contributed by atoms with van der Waals surface area (Å²) in [5.74, 6) is 1.52. The lowest BCUT2D eigenvalue weighted by molar-refractivity contribution is 0.983. The van der Waals surface area contributed by atoms with E-state index < -0.39 is 0 Å². The molecular weight excluding hydrogens is 406 g/mol. The smallest absolute Gasteiger partial charge is 0.182 e. The van der Waals surface area contributed by atoms with Crippen molar-refractivity contribution in [3.8, 4) is 0 Å². The Morgan fingerprint density at radius 2 is 0.879 bits per heavy atom. The Kier molecular flexibility index (Phi) is 5.60. The highest BCUT2D eigenvalue weighted by molar-refractivity contribution is 6.22. The summed E-state index contributed by atoms with van der Waals surface area (Å²) in [4.78, 5) is 2.10. The van der Waals surface area contributed by atoms with E-state index in [9.17, 15) is 0 Å². The third-order valence-corrected chi connectivity index (χ3v) is 5.52. The molecule has 4 aromatic carbocycles. The molecule has 162 valence electrons. The molecule has 5 heteroatoms. The van der Waals surface area contributed by atoms with E-state index in [1.165, 1.54) is 0 Å². The van der Waals surface area contributed by atoms with Crippen LogP contribution in [0.1, 0.15) is 11.1 Å². The van der Waals surface area contributed by atoms with Crippen molar-refractivity contribution >= 4 is 28.7 Å². The van der Waals surface area contributed by atoms with Crippen LogP contribution in [-0.4, -0.2) is 25.8 Å². The minimum atomic E-state index is 0.761. The van der Waals surface area contributed by atoms with E-state index in [2.05, 4.69) is 75.6 Å². The van der Waals surface area contributed by atoms with Crippen molar-refractivity contribution in [2.45, 2.75) is 0 Å². The maximum absolute atomic E-state index is 4.73. The van der Waals surface area contributed by atoms with Gasteiger partial charge in [-0.15, -0.1) is 10.2 Å². The van der Waals surface area contributed by atoms with Gasteiger partial charge in [-0.3, -0.25) is 0 Å². The monoisotopic (exact) mass is 431 g/mol. The van der Waals surface area contributed by atoms with Gasteiger partial charge in [0.2, 0.25) is 0 Å². The zero-order valence-electron chi connectivity index (χ0n) is 18.7. The van der Waals surface area contributed by atoms with Crippen LogP contribution in [0.2, 0.25) is 0 Å². The Bertz CT molecular complexity index is 1260. The van der Waals surface area contributed by atoms with Crippen LogP contribution in [0.25, 0.3) is 0 Å². The minimum Gasteiger partial charge on any atom is -0.378 e. The van der Waals surface area contributed by atoms with Crippen molar-refractivity contribution in [2.75, 3.05) is 29.0 Å². The molecule has 0 aliphatic carbocycles. The van der Waals surface area contributed by atoms with E-state index in [0.717, 1.165) is 39.9 Å². The van der Waals surface area contributed by atoms with Crippen molar-refractivity contribution < 1.29 is 0 Å². The van der Waals surface area contributed by atoms with Gasteiger partial charge in [-0.25, -0.2) is 10.0 Å². The first-order valence-electron chi connectivity index (χ1n) is 10.9. The number of hydrazine groups is 1. The molecule has 0 fully saturated rings. The summed E-state index contributed by atoms with van der Waals surface area (Å²) in [6.07, 6.45) is 0. The van der Waals surface area contributed by atoms with Gasteiger partial charge < -0.3 is 4.90 Å². The first kappa shape index (κ1) is 20.5. The second kappa shape index (κ2) is 9.01. The Morgan fingerprint density at radius 3 is 1.30 bits per heavy atom. The lowest BCUT2D eigenvalue weighted by Gasteiger charge is -2.40. The van der Waals surface area contributed by atoms with Crippen molar-refractivity contribution in [3.63, 3.8) is 0 Å². The standard InChI is InChI=1S/C28H25N5/c1-31(2)24-18-20-26(21-19-24)33-28(23-14-8-4-9-15-23)30-29-27(22-12-6-3-7-13-22)32(33)25-16-10-5-11-17-25/h3-21H,1-2H3. The maximum atomic E-state index is 4.73. The van der Waals surface area contributed by atoms with E-state index in [4.69, 9.17) is 10.2 Å². The minimum absolute atomic E-state index is 0.761. The summed E-state index contributed by atoms with van der Waals surface area (Å²) >= 11 is 0. The van der Waals surface area contributed by atoms with Gasteiger partial charge in [0.1, 0.15) is 0 Å². The lowest BCUT2D eigenvalue weighted by atomic mass is 10.1. The fourth-order valence-electron chi connectivity index (χ4n) is 3.84. The van der Waals surface area contributed by atoms with Gasteiger partial charge >= 0.3 is 0 Å². The molecule has 0 unspecified atom stereocenters. The highest BCUT2D eigenvalue weighted by Crippen LogP contribution is 2.31. The molecule has 0 amide bonds. The van der Waals surface area contributed by atoms with E-state index >= 15 is 0 Å². The average molecular weight is 432 g/mol. The largest absolute Gasteiger partial charge is 0.378 e. The molecule has 1 aliphatic rings. The van der Waals surface area contributed by atoms with Crippen LogP contribution in [0.5, 0.6) is 0 Å². The van der Waals surface area contributed by atoms with Crippen LogP contribution < -0.4 is 14.9 Å². The Labute approximate surface area is 194 Å². The zero-order chi connectivity index (χ0) is 22.6. The van der Waals surface area contributed by atoms with Crippen molar-refractivity contribution in [1.82, 2.24) is 0 Å². The van der Waals surface area contributed by atoms with Gasteiger partial charge in [-0.1, -0.05) is 78.9 Å². The molecule has 0 saturated heterocycles. The summed E-state index contributed by atoms with van der Waals surface area (Å²) in [6.45, 7) is 0. The molecule has 0 aromatic heterocycles. The normalized spacial score (nSPS) is 13.4. The van der Waals surface area contributed by atoms with Gasteiger partial charge in [-0.2, -0.15) is 0 Å². The maximum Gasteiger partial charge on any atom is 0.182 e. The van der Waals surface area contributed by atoms with Crippen LogP contribution in [0.4, 0.5) is 17.1 Å². The van der Waals surface area contributed by atoms with Crippen molar-refractivity contribution in [1.29, 1.82) is 0 Å².